The zero-order valence-corrected chi connectivity index (χ0v) is 18.6. The number of rotatable bonds is 6. The molecule has 0 saturated carbocycles. The van der Waals surface area contributed by atoms with Crippen LogP contribution in [-0.4, -0.2) is 72.1 Å². The summed E-state index contributed by atoms with van der Waals surface area (Å²) in [5, 5.41) is 15.6. The van der Waals surface area contributed by atoms with Gasteiger partial charge in [0, 0.05) is 32.8 Å². The molecule has 1 unspecified atom stereocenters. The average molecular weight is 439 g/mol. The molecule has 2 aromatic rings. The highest BCUT2D eigenvalue weighted by Gasteiger charge is 2.50. The summed E-state index contributed by atoms with van der Waals surface area (Å²) in [6, 6.07) is 20.6. The lowest BCUT2D eigenvalue weighted by molar-refractivity contribution is -0.135. The molecule has 0 bridgehead atoms. The zero-order valence-electron chi connectivity index (χ0n) is 18.6. The number of amides is 1. The number of likely N-dealkylation sites (N-methyl/N-ethyl adjacent to an activating group) is 1. The number of nitrogens with zero attached hydrogens (tertiary/aromatic N) is 2. The van der Waals surface area contributed by atoms with Gasteiger partial charge in [-0.05, 0) is 37.1 Å². The number of hydrogen-bond donors (Lipinski definition) is 2. The lowest BCUT2D eigenvalue weighted by Gasteiger charge is -2.40. The molecule has 1 amide bonds. The van der Waals surface area contributed by atoms with E-state index >= 15 is 0 Å². The summed E-state index contributed by atoms with van der Waals surface area (Å²) in [7, 11) is 5.87. The molecule has 0 spiro atoms. The third kappa shape index (κ3) is 5.82. The molecule has 170 valence electrons. The Hall–Kier alpha value is -3.45. The highest BCUT2D eigenvalue weighted by atomic mass is 16.4. The summed E-state index contributed by atoms with van der Waals surface area (Å²) in [5.41, 5.74) is 1.56. The minimum Gasteiger partial charge on any atom is -0.478 e. The summed E-state index contributed by atoms with van der Waals surface area (Å²) >= 11 is 0. The Morgan fingerprint density at radius 2 is 1.34 bits per heavy atom. The fraction of sp³-hybridized carbons (Fsp3) is 0.320. The maximum Gasteiger partial charge on any atom is 0.328 e. The monoisotopic (exact) mass is 438 g/mol. The minimum absolute atomic E-state index is 0.167. The molecule has 1 heterocycles. The van der Waals surface area contributed by atoms with E-state index in [9.17, 15) is 14.4 Å². The van der Waals surface area contributed by atoms with Gasteiger partial charge in [-0.2, -0.15) is 0 Å². The van der Waals surface area contributed by atoms with Gasteiger partial charge in [0.15, 0.2) is 0 Å². The van der Waals surface area contributed by atoms with Gasteiger partial charge in [0.2, 0.25) is 5.91 Å². The van der Waals surface area contributed by atoms with Crippen LogP contribution in [0, 0.1) is 5.92 Å². The van der Waals surface area contributed by atoms with E-state index in [-0.39, 0.29) is 11.8 Å². The highest BCUT2D eigenvalue weighted by molar-refractivity contribution is 5.92. The SMILES string of the molecule is CN1CCC(C(C(=O)N(C)C)(c2ccccc2)c2ccccc2)C1.O=C(O)/C=C/C(=O)O. The summed E-state index contributed by atoms with van der Waals surface area (Å²) in [5.74, 6) is -2.08. The zero-order chi connectivity index (χ0) is 23.7. The van der Waals surface area contributed by atoms with Crippen molar-refractivity contribution in [2.45, 2.75) is 11.8 Å². The number of carbonyl (C=O) groups excluding carboxylic acids is 1. The number of benzene rings is 2. The van der Waals surface area contributed by atoms with Crippen LogP contribution in [-0.2, 0) is 19.8 Å². The molecule has 2 aromatic carbocycles. The standard InChI is InChI=1S/C21H26N2O.C4H4O4/c1-22(2)20(24)21(17-10-6-4-7-11-17,18-12-8-5-9-13-18)19-14-15-23(3)16-19;5-3(6)1-2-4(7)8/h4-13,19H,14-16H2,1-3H3;1-2H,(H,5,6)(H,7,8)/b;2-1+. The summed E-state index contributed by atoms with van der Waals surface area (Å²) < 4.78 is 0. The molecular weight excluding hydrogens is 408 g/mol. The Morgan fingerprint density at radius 1 is 0.906 bits per heavy atom. The Labute approximate surface area is 188 Å². The van der Waals surface area contributed by atoms with Gasteiger partial charge >= 0.3 is 11.9 Å². The van der Waals surface area contributed by atoms with E-state index in [0.29, 0.717) is 12.2 Å². The van der Waals surface area contributed by atoms with Crippen molar-refractivity contribution < 1.29 is 24.6 Å². The molecule has 1 aliphatic rings. The maximum absolute atomic E-state index is 13.6. The molecule has 32 heavy (non-hydrogen) atoms. The van der Waals surface area contributed by atoms with Gasteiger partial charge in [0.05, 0.1) is 0 Å². The average Bonchev–Trinajstić information content (AvgIpc) is 3.21. The van der Waals surface area contributed by atoms with Gasteiger partial charge in [-0.3, -0.25) is 4.79 Å². The van der Waals surface area contributed by atoms with Crippen LogP contribution >= 0.6 is 0 Å². The smallest absolute Gasteiger partial charge is 0.328 e. The fourth-order valence-electron chi connectivity index (χ4n) is 4.25. The summed E-state index contributed by atoms with van der Waals surface area (Å²) in [6.07, 6.45) is 2.14. The normalized spacial score (nSPS) is 16.3. The van der Waals surface area contributed by atoms with Crippen molar-refractivity contribution in [1.29, 1.82) is 0 Å². The summed E-state index contributed by atoms with van der Waals surface area (Å²) in [4.78, 5) is 36.8. The Morgan fingerprint density at radius 3 is 1.66 bits per heavy atom. The molecule has 0 aliphatic carbocycles. The largest absolute Gasteiger partial charge is 0.478 e. The molecule has 0 aromatic heterocycles. The summed E-state index contributed by atoms with van der Waals surface area (Å²) in [6.45, 7) is 1.97. The second-order valence-electron chi connectivity index (χ2n) is 8.00. The van der Waals surface area contributed by atoms with Crippen LogP contribution in [0.15, 0.2) is 72.8 Å². The Kier molecular flexibility index (Phi) is 8.72. The first kappa shape index (κ1) is 24.8. The highest BCUT2D eigenvalue weighted by Crippen LogP contribution is 2.44. The van der Waals surface area contributed by atoms with Gasteiger partial charge in [0.25, 0.3) is 0 Å². The van der Waals surface area contributed by atoms with Crippen molar-refractivity contribution in [2.75, 3.05) is 34.2 Å². The third-order valence-corrected chi connectivity index (χ3v) is 5.57. The predicted molar refractivity (Wildman–Crippen MR) is 122 cm³/mol. The van der Waals surface area contributed by atoms with E-state index in [1.54, 1.807) is 4.90 Å². The van der Waals surface area contributed by atoms with Crippen molar-refractivity contribution >= 4 is 17.8 Å². The molecule has 3 rings (SSSR count). The molecular formula is C25H30N2O5. The lowest BCUT2D eigenvalue weighted by atomic mass is 9.64. The van der Waals surface area contributed by atoms with Crippen LogP contribution < -0.4 is 0 Å². The molecule has 0 radical (unpaired) electrons. The first-order chi connectivity index (χ1) is 15.2. The predicted octanol–water partition coefficient (Wildman–Crippen LogP) is 2.72. The second kappa shape index (κ2) is 11.2. The number of carboxylic acid groups (broad SMARTS) is 2. The first-order valence-electron chi connectivity index (χ1n) is 10.3. The van der Waals surface area contributed by atoms with Crippen LogP contribution in [0.25, 0.3) is 0 Å². The van der Waals surface area contributed by atoms with E-state index in [1.807, 2.05) is 50.5 Å². The topological polar surface area (TPSA) is 98.2 Å². The van der Waals surface area contributed by atoms with E-state index in [1.165, 1.54) is 0 Å². The maximum atomic E-state index is 13.6. The van der Waals surface area contributed by atoms with Gasteiger partial charge in [-0.25, -0.2) is 9.59 Å². The fourth-order valence-corrected chi connectivity index (χ4v) is 4.25. The van der Waals surface area contributed by atoms with Crippen molar-refractivity contribution in [2.24, 2.45) is 5.92 Å². The van der Waals surface area contributed by atoms with Crippen molar-refractivity contribution in [3.8, 4) is 0 Å². The third-order valence-electron chi connectivity index (χ3n) is 5.57. The van der Waals surface area contributed by atoms with Gasteiger partial charge in [-0.1, -0.05) is 60.7 Å². The van der Waals surface area contributed by atoms with Crippen LogP contribution in [0.2, 0.25) is 0 Å². The second-order valence-corrected chi connectivity index (χ2v) is 8.00. The van der Waals surface area contributed by atoms with Crippen LogP contribution in [0.1, 0.15) is 17.5 Å². The lowest BCUT2D eigenvalue weighted by Crippen LogP contribution is -2.50. The molecule has 1 atom stereocenters. The van der Waals surface area contributed by atoms with Crippen molar-refractivity contribution in [3.63, 3.8) is 0 Å². The van der Waals surface area contributed by atoms with Gasteiger partial charge in [-0.15, -0.1) is 0 Å². The van der Waals surface area contributed by atoms with Crippen LogP contribution in [0.4, 0.5) is 0 Å². The van der Waals surface area contributed by atoms with E-state index in [4.69, 9.17) is 10.2 Å². The van der Waals surface area contributed by atoms with E-state index in [2.05, 4.69) is 36.2 Å². The number of carboxylic acids is 2. The number of carbonyl (C=O) groups is 3. The molecule has 7 nitrogen and oxygen atoms in total. The van der Waals surface area contributed by atoms with Gasteiger partial charge in [0.1, 0.15) is 5.41 Å². The molecule has 7 heteroatoms. The first-order valence-corrected chi connectivity index (χ1v) is 10.3. The van der Waals surface area contributed by atoms with E-state index in [0.717, 1.165) is 30.6 Å². The van der Waals surface area contributed by atoms with Gasteiger partial charge < -0.3 is 20.0 Å². The molecule has 2 N–H and O–H groups in total. The molecule has 1 fully saturated rings. The van der Waals surface area contributed by atoms with Crippen molar-refractivity contribution in [3.05, 3.63) is 83.9 Å². The Balaban J connectivity index is 0.000000390. The van der Waals surface area contributed by atoms with Crippen LogP contribution in [0.5, 0.6) is 0 Å². The van der Waals surface area contributed by atoms with E-state index < -0.39 is 17.4 Å². The quantitative estimate of drug-likeness (QED) is 0.673. The number of likely N-dealkylation sites (tertiary alicyclic amines) is 1. The Bertz CT molecular complexity index is 886. The molecule has 1 aliphatic heterocycles. The minimum atomic E-state index is -1.26. The number of hydrogen-bond acceptors (Lipinski definition) is 4. The van der Waals surface area contributed by atoms with Crippen LogP contribution in [0.3, 0.4) is 0 Å². The molecule has 1 saturated heterocycles. The number of aliphatic carboxylic acids is 2. The van der Waals surface area contributed by atoms with Crippen molar-refractivity contribution in [1.82, 2.24) is 9.80 Å².